The lowest BCUT2D eigenvalue weighted by molar-refractivity contribution is -0.132. The summed E-state index contributed by atoms with van der Waals surface area (Å²) in [5.74, 6) is 0.802. The molecule has 0 spiro atoms. The number of pyridine rings is 1. The standard InChI is InChI=1S/C19H31N3O4/c1-5-24-8-9-25-16(4)19(23)21-11-17-6-7-18(20-10-17)22-12-14(2)26-15(3)13-22/h6-7,10,14-16H,5,8-9,11-13H2,1-4H3,(H,21,23). The highest BCUT2D eigenvalue weighted by molar-refractivity contribution is 5.80. The first-order chi connectivity index (χ1) is 12.5. The maximum Gasteiger partial charge on any atom is 0.249 e. The van der Waals surface area contributed by atoms with Gasteiger partial charge in [-0.2, -0.15) is 0 Å². The summed E-state index contributed by atoms with van der Waals surface area (Å²) in [5, 5.41) is 2.87. The van der Waals surface area contributed by atoms with E-state index in [1.54, 1.807) is 13.1 Å². The molecular formula is C19H31N3O4. The van der Waals surface area contributed by atoms with E-state index in [0.29, 0.717) is 26.4 Å². The van der Waals surface area contributed by atoms with Crippen molar-refractivity contribution in [1.29, 1.82) is 0 Å². The first kappa shape index (κ1) is 20.6. The zero-order valence-electron chi connectivity index (χ0n) is 16.2. The molecule has 7 heteroatoms. The van der Waals surface area contributed by atoms with Gasteiger partial charge in [0.1, 0.15) is 11.9 Å². The zero-order valence-corrected chi connectivity index (χ0v) is 16.2. The minimum absolute atomic E-state index is 0.138. The number of anilines is 1. The second-order valence-electron chi connectivity index (χ2n) is 6.61. The summed E-state index contributed by atoms with van der Waals surface area (Å²) < 4.78 is 16.4. The van der Waals surface area contributed by atoms with E-state index in [9.17, 15) is 4.79 Å². The Balaban J connectivity index is 1.77. The van der Waals surface area contributed by atoms with Gasteiger partial charge in [-0.15, -0.1) is 0 Å². The van der Waals surface area contributed by atoms with Crippen molar-refractivity contribution >= 4 is 11.7 Å². The van der Waals surface area contributed by atoms with Gasteiger partial charge in [0.2, 0.25) is 5.91 Å². The molecule has 3 atom stereocenters. The molecule has 0 aliphatic carbocycles. The predicted octanol–water partition coefficient (Wildman–Crippen LogP) is 1.75. The van der Waals surface area contributed by atoms with Gasteiger partial charge in [0, 0.05) is 32.4 Å². The molecule has 1 aromatic heterocycles. The lowest BCUT2D eigenvalue weighted by atomic mass is 10.2. The van der Waals surface area contributed by atoms with Crippen molar-refractivity contribution in [3.8, 4) is 0 Å². The molecule has 0 aromatic carbocycles. The van der Waals surface area contributed by atoms with Crippen molar-refractivity contribution in [2.75, 3.05) is 37.8 Å². The van der Waals surface area contributed by atoms with Crippen molar-refractivity contribution in [3.63, 3.8) is 0 Å². The highest BCUT2D eigenvalue weighted by Crippen LogP contribution is 2.18. The van der Waals surface area contributed by atoms with Gasteiger partial charge >= 0.3 is 0 Å². The van der Waals surface area contributed by atoms with E-state index in [4.69, 9.17) is 14.2 Å². The summed E-state index contributed by atoms with van der Waals surface area (Å²) in [5.41, 5.74) is 0.956. The van der Waals surface area contributed by atoms with Gasteiger partial charge < -0.3 is 24.4 Å². The van der Waals surface area contributed by atoms with Crippen molar-refractivity contribution < 1.29 is 19.0 Å². The minimum Gasteiger partial charge on any atom is -0.379 e. The molecule has 26 heavy (non-hydrogen) atoms. The van der Waals surface area contributed by atoms with Gasteiger partial charge in [-0.05, 0) is 39.3 Å². The third-order valence-electron chi connectivity index (χ3n) is 4.19. The summed E-state index contributed by atoms with van der Waals surface area (Å²) in [6.07, 6.45) is 1.70. The molecule has 2 rings (SSSR count). The summed E-state index contributed by atoms with van der Waals surface area (Å²) in [4.78, 5) is 18.8. The molecule has 1 aliphatic rings. The Morgan fingerprint density at radius 1 is 1.35 bits per heavy atom. The largest absolute Gasteiger partial charge is 0.379 e. The molecule has 146 valence electrons. The van der Waals surface area contributed by atoms with E-state index in [1.807, 2.05) is 19.1 Å². The maximum absolute atomic E-state index is 12.0. The number of aromatic nitrogens is 1. The average molecular weight is 365 g/mol. The number of hydrogen-bond acceptors (Lipinski definition) is 6. The molecule has 0 bridgehead atoms. The Kier molecular flexibility index (Phi) is 8.28. The molecule has 7 nitrogen and oxygen atoms in total. The Morgan fingerprint density at radius 2 is 2.08 bits per heavy atom. The zero-order chi connectivity index (χ0) is 18.9. The number of morpholine rings is 1. The average Bonchev–Trinajstić information content (AvgIpc) is 2.62. The molecule has 1 amide bonds. The molecule has 3 unspecified atom stereocenters. The molecule has 0 saturated carbocycles. The van der Waals surface area contributed by atoms with Crippen molar-refractivity contribution in [3.05, 3.63) is 23.9 Å². The van der Waals surface area contributed by atoms with Crippen molar-refractivity contribution in [1.82, 2.24) is 10.3 Å². The van der Waals surface area contributed by atoms with E-state index in [0.717, 1.165) is 24.5 Å². The van der Waals surface area contributed by atoms with E-state index in [2.05, 4.69) is 29.0 Å². The number of rotatable bonds is 9. The van der Waals surface area contributed by atoms with Gasteiger partial charge in [-0.25, -0.2) is 4.98 Å². The van der Waals surface area contributed by atoms with E-state index >= 15 is 0 Å². The monoisotopic (exact) mass is 365 g/mol. The van der Waals surface area contributed by atoms with Crippen molar-refractivity contribution in [2.45, 2.75) is 52.6 Å². The normalized spacial score (nSPS) is 21.5. The molecule has 1 N–H and O–H groups in total. The van der Waals surface area contributed by atoms with Gasteiger partial charge in [0.25, 0.3) is 0 Å². The second-order valence-corrected chi connectivity index (χ2v) is 6.61. The highest BCUT2D eigenvalue weighted by Gasteiger charge is 2.23. The van der Waals surface area contributed by atoms with Crippen LogP contribution in [0.25, 0.3) is 0 Å². The first-order valence-corrected chi connectivity index (χ1v) is 9.32. The molecule has 1 aliphatic heterocycles. The number of carbonyl (C=O) groups is 1. The SMILES string of the molecule is CCOCCOC(C)C(=O)NCc1ccc(N2CC(C)OC(C)C2)nc1. The second kappa shape index (κ2) is 10.4. The van der Waals surface area contributed by atoms with Crippen LogP contribution in [0.2, 0.25) is 0 Å². The Bertz CT molecular complexity index is 542. The number of ether oxygens (including phenoxy) is 3. The lowest BCUT2D eigenvalue weighted by Gasteiger charge is -2.36. The molecule has 2 heterocycles. The third kappa shape index (κ3) is 6.55. The molecular weight excluding hydrogens is 334 g/mol. The quantitative estimate of drug-likeness (QED) is 0.672. The molecule has 0 radical (unpaired) electrons. The van der Waals surface area contributed by atoms with Crippen LogP contribution in [0.3, 0.4) is 0 Å². The van der Waals surface area contributed by atoms with Gasteiger partial charge in [-0.1, -0.05) is 6.07 Å². The van der Waals surface area contributed by atoms with E-state index < -0.39 is 6.10 Å². The predicted molar refractivity (Wildman–Crippen MR) is 100 cm³/mol. The summed E-state index contributed by atoms with van der Waals surface area (Å²) in [7, 11) is 0. The summed E-state index contributed by atoms with van der Waals surface area (Å²) in [6.45, 7) is 11.5. The van der Waals surface area contributed by atoms with Crippen LogP contribution in [0.15, 0.2) is 18.3 Å². The fourth-order valence-electron chi connectivity index (χ4n) is 2.91. The number of hydrogen-bond donors (Lipinski definition) is 1. The molecule has 1 fully saturated rings. The fraction of sp³-hybridized carbons (Fsp3) is 0.684. The third-order valence-corrected chi connectivity index (χ3v) is 4.19. The summed E-state index contributed by atoms with van der Waals surface area (Å²) >= 11 is 0. The van der Waals surface area contributed by atoms with Crippen molar-refractivity contribution in [2.24, 2.45) is 0 Å². The maximum atomic E-state index is 12.0. The molecule has 1 saturated heterocycles. The topological polar surface area (TPSA) is 72.9 Å². The Labute approximate surface area is 156 Å². The minimum atomic E-state index is -0.501. The Hall–Kier alpha value is -1.70. The fourth-order valence-corrected chi connectivity index (χ4v) is 2.91. The van der Waals surface area contributed by atoms with Crippen LogP contribution in [-0.4, -0.2) is 62.1 Å². The summed E-state index contributed by atoms with van der Waals surface area (Å²) in [6, 6.07) is 3.99. The van der Waals surface area contributed by atoms with Crippen LogP contribution >= 0.6 is 0 Å². The van der Waals surface area contributed by atoms with Crippen LogP contribution in [0.1, 0.15) is 33.3 Å². The first-order valence-electron chi connectivity index (χ1n) is 9.32. The number of amides is 1. The van der Waals surface area contributed by atoms with E-state index in [-0.39, 0.29) is 18.1 Å². The van der Waals surface area contributed by atoms with Gasteiger partial charge in [0.05, 0.1) is 25.4 Å². The van der Waals surface area contributed by atoms with Crippen LogP contribution in [0, 0.1) is 0 Å². The Morgan fingerprint density at radius 3 is 2.69 bits per heavy atom. The van der Waals surface area contributed by atoms with Crippen LogP contribution in [-0.2, 0) is 25.5 Å². The number of nitrogens with one attached hydrogen (secondary N) is 1. The number of nitrogens with zero attached hydrogens (tertiary/aromatic N) is 2. The highest BCUT2D eigenvalue weighted by atomic mass is 16.5. The van der Waals surface area contributed by atoms with Crippen LogP contribution in [0.5, 0.6) is 0 Å². The molecule has 1 aromatic rings. The lowest BCUT2D eigenvalue weighted by Crippen LogP contribution is -2.45. The number of carbonyl (C=O) groups excluding carboxylic acids is 1. The van der Waals surface area contributed by atoms with E-state index in [1.165, 1.54) is 0 Å². The van der Waals surface area contributed by atoms with Gasteiger partial charge in [0.15, 0.2) is 0 Å². The smallest absolute Gasteiger partial charge is 0.249 e. The van der Waals surface area contributed by atoms with Crippen LogP contribution in [0.4, 0.5) is 5.82 Å². The van der Waals surface area contributed by atoms with Gasteiger partial charge in [-0.3, -0.25) is 4.79 Å². The van der Waals surface area contributed by atoms with Crippen LogP contribution < -0.4 is 10.2 Å².